The molecule has 1 N–H and O–H groups in total. The fourth-order valence-electron chi connectivity index (χ4n) is 3.83. The maximum absolute atomic E-state index is 3.50. The third kappa shape index (κ3) is 1.36. The molecule has 2 aliphatic carbocycles. The molecule has 0 amide bonds. The van der Waals surface area contributed by atoms with E-state index in [1.54, 1.807) is 11.1 Å². The smallest absolute Gasteiger partial charge is 0.0153 e. The first-order valence-electron chi connectivity index (χ1n) is 6.37. The lowest BCUT2D eigenvalue weighted by Gasteiger charge is -2.33. The molecular weight excluding hydrogens is 182 g/mol. The highest BCUT2D eigenvalue weighted by Gasteiger charge is 2.40. The summed E-state index contributed by atoms with van der Waals surface area (Å²) in [6.45, 7) is 4.49. The van der Waals surface area contributed by atoms with Crippen LogP contribution in [0.1, 0.15) is 54.6 Å². The van der Waals surface area contributed by atoms with Gasteiger partial charge in [-0.3, -0.25) is 0 Å². The van der Waals surface area contributed by atoms with E-state index in [1.165, 1.54) is 56.3 Å². The molecule has 1 fully saturated rings. The molecule has 2 aliphatic rings. The van der Waals surface area contributed by atoms with Crippen LogP contribution in [-0.2, 0) is 12.8 Å². The van der Waals surface area contributed by atoms with Gasteiger partial charge in [-0.15, -0.1) is 0 Å². The number of hydrogen-bond acceptors (Lipinski definition) is 0. The van der Waals surface area contributed by atoms with E-state index in [0.717, 1.165) is 0 Å². The standard InChI is InChI=1S/C14H21N/c1-10-12-8-14(6-4-3-5-7-14)9-13(12)11(2)15-10/h15H,3-9H2,1-2H3. The molecule has 15 heavy (non-hydrogen) atoms. The molecule has 0 bridgehead atoms. The van der Waals surface area contributed by atoms with Crippen LogP contribution in [0.4, 0.5) is 0 Å². The largest absolute Gasteiger partial charge is 0.362 e. The van der Waals surface area contributed by atoms with Gasteiger partial charge in [-0.05, 0) is 56.1 Å². The van der Waals surface area contributed by atoms with Gasteiger partial charge in [-0.2, -0.15) is 0 Å². The van der Waals surface area contributed by atoms with Crippen molar-refractivity contribution in [3.8, 4) is 0 Å². The fraction of sp³-hybridized carbons (Fsp3) is 0.714. The second-order valence-corrected chi connectivity index (χ2v) is 5.75. The van der Waals surface area contributed by atoms with E-state index >= 15 is 0 Å². The summed E-state index contributed by atoms with van der Waals surface area (Å²) in [7, 11) is 0. The minimum absolute atomic E-state index is 0.674. The summed E-state index contributed by atoms with van der Waals surface area (Å²) in [6.07, 6.45) is 10.1. The van der Waals surface area contributed by atoms with E-state index in [-0.39, 0.29) is 0 Å². The van der Waals surface area contributed by atoms with Crippen molar-refractivity contribution in [2.45, 2.75) is 58.8 Å². The molecule has 1 saturated carbocycles. The lowest BCUT2D eigenvalue weighted by Crippen LogP contribution is -2.24. The summed E-state index contributed by atoms with van der Waals surface area (Å²) in [5.74, 6) is 0. The van der Waals surface area contributed by atoms with Crippen molar-refractivity contribution in [1.29, 1.82) is 0 Å². The van der Waals surface area contributed by atoms with Crippen molar-refractivity contribution in [3.05, 3.63) is 22.5 Å². The number of aromatic amines is 1. The molecular formula is C14H21N. The molecule has 0 aliphatic heterocycles. The van der Waals surface area contributed by atoms with Crippen LogP contribution >= 0.6 is 0 Å². The average molecular weight is 203 g/mol. The van der Waals surface area contributed by atoms with E-state index in [1.807, 2.05) is 0 Å². The highest BCUT2D eigenvalue weighted by Crippen LogP contribution is 2.48. The van der Waals surface area contributed by atoms with E-state index in [9.17, 15) is 0 Å². The Balaban J connectivity index is 1.94. The van der Waals surface area contributed by atoms with Gasteiger partial charge in [-0.25, -0.2) is 0 Å². The predicted octanol–water partition coefficient (Wildman–Crippen LogP) is 3.68. The van der Waals surface area contributed by atoms with Gasteiger partial charge >= 0.3 is 0 Å². The van der Waals surface area contributed by atoms with Gasteiger partial charge in [0.1, 0.15) is 0 Å². The van der Waals surface area contributed by atoms with Gasteiger partial charge in [0.25, 0.3) is 0 Å². The summed E-state index contributed by atoms with van der Waals surface area (Å²) in [6, 6.07) is 0. The fourth-order valence-corrected chi connectivity index (χ4v) is 3.83. The van der Waals surface area contributed by atoms with Crippen LogP contribution in [0.15, 0.2) is 0 Å². The number of hydrogen-bond donors (Lipinski definition) is 1. The van der Waals surface area contributed by atoms with E-state index in [2.05, 4.69) is 18.8 Å². The Morgan fingerprint density at radius 3 is 1.93 bits per heavy atom. The highest BCUT2D eigenvalue weighted by atomic mass is 14.7. The molecule has 0 aromatic carbocycles. The third-order valence-electron chi connectivity index (χ3n) is 4.66. The van der Waals surface area contributed by atoms with Crippen LogP contribution in [0, 0.1) is 19.3 Å². The van der Waals surface area contributed by atoms with E-state index in [4.69, 9.17) is 0 Å². The molecule has 1 heteroatoms. The SMILES string of the molecule is Cc1[nH]c(C)c2c1CC1(CCCCC1)C2. The lowest BCUT2D eigenvalue weighted by molar-refractivity contribution is 0.202. The third-order valence-corrected chi connectivity index (χ3v) is 4.66. The van der Waals surface area contributed by atoms with Crippen LogP contribution in [0.25, 0.3) is 0 Å². The predicted molar refractivity (Wildman–Crippen MR) is 63.2 cm³/mol. The van der Waals surface area contributed by atoms with E-state index in [0.29, 0.717) is 5.41 Å². The van der Waals surface area contributed by atoms with Crippen LogP contribution < -0.4 is 0 Å². The molecule has 3 rings (SSSR count). The normalized spacial score (nSPS) is 23.3. The van der Waals surface area contributed by atoms with Gasteiger partial charge in [0.05, 0.1) is 0 Å². The first kappa shape index (κ1) is 9.50. The van der Waals surface area contributed by atoms with Gasteiger partial charge < -0.3 is 4.98 Å². The number of H-pyrrole nitrogens is 1. The van der Waals surface area contributed by atoms with Gasteiger partial charge in [0.15, 0.2) is 0 Å². The van der Waals surface area contributed by atoms with Crippen LogP contribution in [-0.4, -0.2) is 4.98 Å². The Hall–Kier alpha value is -0.720. The van der Waals surface area contributed by atoms with E-state index < -0.39 is 0 Å². The van der Waals surface area contributed by atoms with Crippen molar-refractivity contribution in [1.82, 2.24) is 4.98 Å². The zero-order valence-electron chi connectivity index (χ0n) is 9.95. The van der Waals surface area contributed by atoms with Crippen molar-refractivity contribution in [2.75, 3.05) is 0 Å². The van der Waals surface area contributed by atoms with Crippen molar-refractivity contribution in [2.24, 2.45) is 5.41 Å². The van der Waals surface area contributed by atoms with Crippen molar-refractivity contribution in [3.63, 3.8) is 0 Å². The lowest BCUT2D eigenvalue weighted by atomic mass is 9.72. The number of aryl methyl sites for hydroxylation is 2. The Kier molecular flexibility index (Phi) is 1.99. The molecule has 1 aromatic heterocycles. The van der Waals surface area contributed by atoms with Gasteiger partial charge in [0, 0.05) is 11.4 Å². The molecule has 1 spiro atoms. The molecule has 1 nitrogen and oxygen atoms in total. The van der Waals surface area contributed by atoms with Crippen LogP contribution in [0.5, 0.6) is 0 Å². The molecule has 0 radical (unpaired) electrons. The van der Waals surface area contributed by atoms with Crippen molar-refractivity contribution >= 4 is 0 Å². The highest BCUT2D eigenvalue weighted by molar-refractivity contribution is 5.42. The minimum atomic E-state index is 0.674. The molecule has 82 valence electrons. The average Bonchev–Trinajstić information content (AvgIpc) is 2.69. The zero-order valence-corrected chi connectivity index (χ0v) is 9.95. The summed E-state index contributed by atoms with van der Waals surface area (Å²) in [4.78, 5) is 3.50. The molecule has 1 heterocycles. The van der Waals surface area contributed by atoms with Gasteiger partial charge in [0.2, 0.25) is 0 Å². The van der Waals surface area contributed by atoms with Crippen LogP contribution in [0.2, 0.25) is 0 Å². The molecule has 0 unspecified atom stereocenters. The maximum atomic E-state index is 3.50. The maximum Gasteiger partial charge on any atom is 0.0153 e. The number of nitrogens with one attached hydrogen (secondary N) is 1. The topological polar surface area (TPSA) is 15.8 Å². The Morgan fingerprint density at radius 1 is 0.867 bits per heavy atom. The summed E-state index contributed by atoms with van der Waals surface area (Å²) in [5.41, 5.74) is 6.87. The number of rotatable bonds is 0. The van der Waals surface area contributed by atoms with Crippen LogP contribution in [0.3, 0.4) is 0 Å². The Labute approximate surface area is 92.3 Å². The quantitative estimate of drug-likeness (QED) is 0.662. The number of fused-ring (bicyclic) bond motifs is 1. The monoisotopic (exact) mass is 203 g/mol. The first-order chi connectivity index (χ1) is 7.20. The Bertz CT molecular complexity index is 352. The summed E-state index contributed by atoms with van der Waals surface area (Å²) < 4.78 is 0. The number of aromatic nitrogens is 1. The molecule has 1 aromatic rings. The molecule has 0 atom stereocenters. The Morgan fingerprint density at radius 2 is 1.40 bits per heavy atom. The second-order valence-electron chi connectivity index (χ2n) is 5.75. The summed E-state index contributed by atoms with van der Waals surface area (Å²) >= 11 is 0. The minimum Gasteiger partial charge on any atom is -0.362 e. The van der Waals surface area contributed by atoms with Crippen molar-refractivity contribution < 1.29 is 0 Å². The molecule has 0 saturated heterocycles. The zero-order chi connectivity index (χ0) is 10.5. The summed E-state index contributed by atoms with van der Waals surface area (Å²) in [5, 5.41) is 0. The van der Waals surface area contributed by atoms with Gasteiger partial charge in [-0.1, -0.05) is 19.3 Å². The second kappa shape index (κ2) is 3.13. The first-order valence-corrected chi connectivity index (χ1v) is 6.37.